The Morgan fingerprint density at radius 2 is 2.00 bits per heavy atom. The summed E-state index contributed by atoms with van der Waals surface area (Å²) in [6.45, 7) is 12.3. The van der Waals surface area contributed by atoms with Crippen molar-refractivity contribution >= 4 is 29.9 Å². The molecular formula is C20H32IN3O. The molecule has 5 heteroatoms. The van der Waals surface area contributed by atoms with E-state index < -0.39 is 0 Å². The Kier molecular flexibility index (Phi) is 7.55. The van der Waals surface area contributed by atoms with Crippen molar-refractivity contribution < 1.29 is 4.74 Å². The van der Waals surface area contributed by atoms with Gasteiger partial charge in [-0.25, -0.2) is 0 Å². The van der Waals surface area contributed by atoms with E-state index in [1.54, 1.807) is 0 Å². The molecule has 1 aromatic carbocycles. The second kappa shape index (κ2) is 9.21. The molecule has 25 heavy (non-hydrogen) atoms. The number of likely N-dealkylation sites (tertiary alicyclic amines) is 1. The lowest BCUT2D eigenvalue weighted by Crippen LogP contribution is -2.41. The Bertz CT molecular complexity index is 576. The van der Waals surface area contributed by atoms with Crippen molar-refractivity contribution in [3.8, 4) is 0 Å². The first kappa shape index (κ1) is 20.5. The van der Waals surface area contributed by atoms with Gasteiger partial charge in [-0.1, -0.05) is 29.3 Å². The molecule has 2 saturated heterocycles. The van der Waals surface area contributed by atoms with Crippen LogP contribution in [0.5, 0.6) is 0 Å². The number of benzene rings is 1. The Labute approximate surface area is 169 Å². The van der Waals surface area contributed by atoms with Crippen molar-refractivity contribution in [3.63, 3.8) is 0 Å². The monoisotopic (exact) mass is 457 g/mol. The van der Waals surface area contributed by atoms with Gasteiger partial charge < -0.3 is 15.0 Å². The first-order valence-corrected chi connectivity index (χ1v) is 9.28. The summed E-state index contributed by atoms with van der Waals surface area (Å²) in [4.78, 5) is 7.33. The minimum Gasteiger partial charge on any atom is -0.381 e. The summed E-state index contributed by atoms with van der Waals surface area (Å²) in [5.74, 6) is 1.07. The van der Waals surface area contributed by atoms with Crippen LogP contribution in [0.15, 0.2) is 23.2 Å². The molecule has 1 aromatic rings. The second-order valence-corrected chi connectivity index (χ2v) is 7.46. The minimum atomic E-state index is 0. The molecule has 2 heterocycles. The molecule has 0 saturated carbocycles. The van der Waals surface area contributed by atoms with Crippen molar-refractivity contribution in [1.82, 2.24) is 10.2 Å². The summed E-state index contributed by atoms with van der Waals surface area (Å²) in [5, 5.41) is 3.48. The van der Waals surface area contributed by atoms with Gasteiger partial charge in [0.25, 0.3) is 0 Å². The Balaban J connectivity index is 0.00000225. The Morgan fingerprint density at radius 3 is 2.64 bits per heavy atom. The number of aliphatic imine (C=N–C) groups is 1. The predicted octanol–water partition coefficient (Wildman–Crippen LogP) is 3.54. The van der Waals surface area contributed by atoms with E-state index >= 15 is 0 Å². The van der Waals surface area contributed by atoms with E-state index in [4.69, 9.17) is 9.73 Å². The molecule has 3 rings (SSSR count). The predicted molar refractivity (Wildman–Crippen MR) is 115 cm³/mol. The first-order valence-electron chi connectivity index (χ1n) is 9.28. The van der Waals surface area contributed by atoms with E-state index in [1.807, 2.05) is 0 Å². The molecule has 0 aliphatic carbocycles. The second-order valence-electron chi connectivity index (χ2n) is 7.46. The molecule has 2 aliphatic heterocycles. The highest BCUT2D eigenvalue weighted by atomic mass is 127. The maximum atomic E-state index is 5.64. The van der Waals surface area contributed by atoms with Gasteiger partial charge in [-0.15, -0.1) is 24.0 Å². The van der Waals surface area contributed by atoms with Gasteiger partial charge in [-0.3, -0.25) is 4.99 Å². The zero-order valence-corrected chi connectivity index (χ0v) is 18.1. The number of hydrogen-bond donors (Lipinski definition) is 1. The summed E-state index contributed by atoms with van der Waals surface area (Å²) in [6.07, 6.45) is 3.43. The van der Waals surface area contributed by atoms with Crippen LogP contribution in [-0.2, 0) is 11.2 Å². The maximum Gasteiger partial charge on any atom is 0.193 e. The van der Waals surface area contributed by atoms with Gasteiger partial charge in [0.2, 0.25) is 0 Å². The standard InChI is InChI=1S/C20H31N3O.HI/c1-4-21-19(23-9-6-20(14-23)7-10-24-15-20)22-8-5-18-12-16(2)11-17(3)13-18;/h11-13H,4-10,14-15H2,1-3H3,(H,21,22);1H. The summed E-state index contributed by atoms with van der Waals surface area (Å²) >= 11 is 0. The molecule has 1 unspecified atom stereocenters. The molecule has 4 nitrogen and oxygen atoms in total. The number of nitrogens with one attached hydrogen (secondary N) is 1. The van der Waals surface area contributed by atoms with Gasteiger partial charge in [0.15, 0.2) is 5.96 Å². The molecule has 0 radical (unpaired) electrons. The lowest BCUT2D eigenvalue weighted by Gasteiger charge is -2.25. The van der Waals surface area contributed by atoms with E-state index in [1.165, 1.54) is 29.5 Å². The third-order valence-electron chi connectivity index (χ3n) is 5.20. The van der Waals surface area contributed by atoms with E-state index in [0.29, 0.717) is 5.41 Å². The van der Waals surface area contributed by atoms with Crippen LogP contribution < -0.4 is 5.32 Å². The molecule has 0 bridgehead atoms. The van der Waals surface area contributed by atoms with Crippen LogP contribution in [0.1, 0.15) is 36.5 Å². The average Bonchev–Trinajstić information content (AvgIpc) is 3.16. The van der Waals surface area contributed by atoms with E-state index in [2.05, 4.69) is 49.2 Å². The van der Waals surface area contributed by atoms with Gasteiger partial charge in [-0.05, 0) is 45.6 Å². The topological polar surface area (TPSA) is 36.9 Å². The third-order valence-corrected chi connectivity index (χ3v) is 5.20. The fraction of sp³-hybridized carbons (Fsp3) is 0.650. The summed E-state index contributed by atoms with van der Waals surface area (Å²) in [6, 6.07) is 6.77. The lowest BCUT2D eigenvalue weighted by atomic mass is 9.87. The lowest BCUT2D eigenvalue weighted by molar-refractivity contribution is 0.156. The van der Waals surface area contributed by atoms with Gasteiger partial charge in [0, 0.05) is 38.2 Å². The van der Waals surface area contributed by atoms with Crippen LogP contribution in [0.2, 0.25) is 0 Å². The largest absolute Gasteiger partial charge is 0.381 e. The molecule has 2 fully saturated rings. The number of guanidine groups is 1. The van der Waals surface area contributed by atoms with Crippen molar-refractivity contribution in [3.05, 3.63) is 34.9 Å². The highest BCUT2D eigenvalue weighted by Crippen LogP contribution is 2.38. The molecule has 1 spiro atoms. The van der Waals surface area contributed by atoms with Gasteiger partial charge in [0.05, 0.1) is 6.61 Å². The molecule has 0 aromatic heterocycles. The highest BCUT2D eigenvalue weighted by Gasteiger charge is 2.42. The average molecular weight is 457 g/mol. The van der Waals surface area contributed by atoms with Crippen LogP contribution in [0.25, 0.3) is 0 Å². The van der Waals surface area contributed by atoms with Gasteiger partial charge in [-0.2, -0.15) is 0 Å². The van der Waals surface area contributed by atoms with Crippen LogP contribution in [0, 0.1) is 19.3 Å². The van der Waals surface area contributed by atoms with Gasteiger partial charge in [0.1, 0.15) is 0 Å². The fourth-order valence-electron chi connectivity index (χ4n) is 4.02. The van der Waals surface area contributed by atoms with Crippen LogP contribution in [0.4, 0.5) is 0 Å². The first-order chi connectivity index (χ1) is 11.6. The third kappa shape index (κ3) is 5.33. The molecule has 2 aliphatic rings. The summed E-state index contributed by atoms with van der Waals surface area (Å²) in [5.41, 5.74) is 4.44. The van der Waals surface area contributed by atoms with E-state index in [-0.39, 0.29) is 24.0 Å². The van der Waals surface area contributed by atoms with Crippen molar-refractivity contribution in [2.24, 2.45) is 10.4 Å². The quantitative estimate of drug-likeness (QED) is 0.427. The number of ether oxygens (including phenoxy) is 1. The summed E-state index contributed by atoms with van der Waals surface area (Å²) in [7, 11) is 0. The molecule has 140 valence electrons. The SMILES string of the molecule is CCNC(=NCCc1cc(C)cc(C)c1)N1CCC2(CCOC2)C1.I. The van der Waals surface area contributed by atoms with Crippen molar-refractivity contribution in [2.75, 3.05) is 39.4 Å². The molecule has 1 atom stereocenters. The number of hydrogen-bond acceptors (Lipinski definition) is 2. The zero-order valence-electron chi connectivity index (χ0n) is 15.8. The van der Waals surface area contributed by atoms with E-state index in [0.717, 1.165) is 51.8 Å². The van der Waals surface area contributed by atoms with Crippen LogP contribution in [-0.4, -0.2) is 50.3 Å². The van der Waals surface area contributed by atoms with Gasteiger partial charge >= 0.3 is 0 Å². The number of rotatable bonds is 4. The number of halogens is 1. The highest BCUT2D eigenvalue weighted by molar-refractivity contribution is 14.0. The van der Waals surface area contributed by atoms with E-state index in [9.17, 15) is 0 Å². The summed E-state index contributed by atoms with van der Waals surface area (Å²) < 4.78 is 5.64. The fourth-order valence-corrected chi connectivity index (χ4v) is 4.02. The Hall–Kier alpha value is -0.820. The maximum absolute atomic E-state index is 5.64. The van der Waals surface area contributed by atoms with Crippen molar-refractivity contribution in [1.29, 1.82) is 0 Å². The number of aryl methyl sites for hydroxylation is 2. The molecular weight excluding hydrogens is 425 g/mol. The van der Waals surface area contributed by atoms with Crippen LogP contribution in [0.3, 0.4) is 0 Å². The zero-order chi connectivity index (χ0) is 17.0. The smallest absolute Gasteiger partial charge is 0.193 e. The normalized spacial score (nSPS) is 23.2. The van der Waals surface area contributed by atoms with Crippen LogP contribution >= 0.6 is 24.0 Å². The number of nitrogens with zero attached hydrogens (tertiary/aromatic N) is 2. The molecule has 1 N–H and O–H groups in total. The Morgan fingerprint density at radius 1 is 1.24 bits per heavy atom. The minimum absolute atomic E-state index is 0. The molecule has 0 amide bonds. The van der Waals surface area contributed by atoms with Crippen molar-refractivity contribution in [2.45, 2.75) is 40.0 Å².